The van der Waals surface area contributed by atoms with Crippen LogP contribution >= 0.6 is 0 Å². The van der Waals surface area contributed by atoms with Crippen LogP contribution in [0.15, 0.2) is 42.5 Å². The summed E-state index contributed by atoms with van der Waals surface area (Å²) in [7, 11) is 0. The summed E-state index contributed by atoms with van der Waals surface area (Å²) >= 11 is 0. The zero-order valence-electron chi connectivity index (χ0n) is 10.3. The van der Waals surface area contributed by atoms with Gasteiger partial charge in [-0.05, 0) is 30.3 Å². The summed E-state index contributed by atoms with van der Waals surface area (Å²) in [6, 6.07) is 12.9. The first kappa shape index (κ1) is 12.1. The predicted octanol–water partition coefficient (Wildman–Crippen LogP) is 3.37. The zero-order valence-corrected chi connectivity index (χ0v) is 10.3. The van der Waals surface area contributed by atoms with Crippen LogP contribution in [-0.2, 0) is 4.74 Å². The normalized spacial score (nSPS) is 14.8. The number of hydrogen-bond donors (Lipinski definition) is 0. The first-order chi connectivity index (χ1) is 9.69. The van der Waals surface area contributed by atoms with Gasteiger partial charge in [-0.25, -0.2) is 9.18 Å². The fourth-order valence-electron chi connectivity index (χ4n) is 2.06. The van der Waals surface area contributed by atoms with Crippen molar-refractivity contribution in [2.75, 3.05) is 0 Å². The number of ether oxygens (including phenoxy) is 1. The summed E-state index contributed by atoms with van der Waals surface area (Å²) in [5, 5.41) is 8.84. The van der Waals surface area contributed by atoms with Gasteiger partial charge in [0.05, 0.1) is 17.2 Å². The molecule has 1 aliphatic rings. The van der Waals surface area contributed by atoms with Gasteiger partial charge in [-0.15, -0.1) is 0 Å². The Morgan fingerprint density at radius 2 is 1.90 bits per heavy atom. The SMILES string of the molecule is N#Cc1ccc(F)c(C=C2OC(=O)c3ccccc32)c1. The Morgan fingerprint density at radius 3 is 2.65 bits per heavy atom. The third kappa shape index (κ3) is 1.95. The number of carbonyl (C=O) groups is 1. The maximum Gasteiger partial charge on any atom is 0.344 e. The molecule has 0 unspecified atom stereocenters. The van der Waals surface area contributed by atoms with E-state index in [9.17, 15) is 9.18 Å². The Bertz CT molecular complexity index is 787. The second-order valence-corrected chi connectivity index (χ2v) is 4.29. The fourth-order valence-corrected chi connectivity index (χ4v) is 2.06. The van der Waals surface area contributed by atoms with Crippen molar-refractivity contribution in [1.29, 1.82) is 5.26 Å². The monoisotopic (exact) mass is 265 g/mol. The number of cyclic esters (lactones) is 1. The number of fused-ring (bicyclic) bond motifs is 1. The minimum Gasteiger partial charge on any atom is -0.422 e. The lowest BCUT2D eigenvalue weighted by Crippen LogP contribution is -1.92. The maximum absolute atomic E-state index is 13.7. The van der Waals surface area contributed by atoms with Crippen molar-refractivity contribution in [1.82, 2.24) is 0 Å². The van der Waals surface area contributed by atoms with Crippen molar-refractivity contribution >= 4 is 17.8 Å². The van der Waals surface area contributed by atoms with Crippen molar-refractivity contribution in [3.8, 4) is 6.07 Å². The van der Waals surface area contributed by atoms with Crippen molar-refractivity contribution in [3.63, 3.8) is 0 Å². The molecule has 4 heteroatoms. The van der Waals surface area contributed by atoms with E-state index < -0.39 is 11.8 Å². The molecule has 0 saturated carbocycles. The molecule has 0 amide bonds. The summed E-state index contributed by atoms with van der Waals surface area (Å²) in [4.78, 5) is 11.7. The van der Waals surface area contributed by atoms with Crippen LogP contribution in [0.4, 0.5) is 4.39 Å². The Morgan fingerprint density at radius 1 is 1.15 bits per heavy atom. The first-order valence-corrected chi connectivity index (χ1v) is 5.92. The number of halogens is 1. The molecule has 0 saturated heterocycles. The quantitative estimate of drug-likeness (QED) is 0.743. The van der Waals surface area contributed by atoms with E-state index in [4.69, 9.17) is 10.00 Å². The lowest BCUT2D eigenvalue weighted by atomic mass is 10.1. The van der Waals surface area contributed by atoms with Gasteiger partial charge in [0.2, 0.25) is 0 Å². The van der Waals surface area contributed by atoms with Crippen LogP contribution in [0.3, 0.4) is 0 Å². The van der Waals surface area contributed by atoms with Gasteiger partial charge < -0.3 is 4.74 Å². The second kappa shape index (κ2) is 4.63. The average molecular weight is 265 g/mol. The molecule has 0 aliphatic carbocycles. The minimum absolute atomic E-state index is 0.212. The molecule has 0 radical (unpaired) electrons. The molecular weight excluding hydrogens is 257 g/mol. The Labute approximate surface area is 114 Å². The molecule has 1 aliphatic heterocycles. The molecule has 1 heterocycles. The number of carbonyl (C=O) groups excluding carboxylic acids is 1. The number of rotatable bonds is 1. The highest BCUT2D eigenvalue weighted by Gasteiger charge is 2.25. The third-order valence-corrected chi connectivity index (χ3v) is 3.03. The fraction of sp³-hybridized carbons (Fsp3) is 0. The standard InChI is InChI=1S/C16H8FNO2/c17-14-6-5-10(9-18)7-11(14)8-15-12-3-1-2-4-13(12)16(19)20-15/h1-8H. The molecule has 20 heavy (non-hydrogen) atoms. The van der Waals surface area contributed by atoms with Crippen LogP contribution in [0.1, 0.15) is 27.0 Å². The van der Waals surface area contributed by atoms with E-state index in [1.54, 1.807) is 24.3 Å². The van der Waals surface area contributed by atoms with E-state index in [0.717, 1.165) is 0 Å². The van der Waals surface area contributed by atoms with Crippen molar-refractivity contribution in [3.05, 3.63) is 70.5 Å². The zero-order chi connectivity index (χ0) is 14.1. The van der Waals surface area contributed by atoms with Crippen LogP contribution in [0.2, 0.25) is 0 Å². The molecule has 0 spiro atoms. The summed E-state index contributed by atoms with van der Waals surface area (Å²) in [5.74, 6) is -0.639. The summed E-state index contributed by atoms with van der Waals surface area (Å²) in [5.41, 5.74) is 1.63. The molecule has 2 aromatic rings. The molecule has 0 aromatic heterocycles. The van der Waals surface area contributed by atoms with Gasteiger partial charge in [-0.3, -0.25) is 0 Å². The molecule has 0 bridgehead atoms. The van der Waals surface area contributed by atoms with Crippen LogP contribution in [0.5, 0.6) is 0 Å². The van der Waals surface area contributed by atoms with E-state index in [2.05, 4.69) is 0 Å². The topological polar surface area (TPSA) is 50.1 Å². The van der Waals surface area contributed by atoms with Crippen molar-refractivity contribution in [2.24, 2.45) is 0 Å². The molecule has 96 valence electrons. The first-order valence-electron chi connectivity index (χ1n) is 5.92. The van der Waals surface area contributed by atoms with Gasteiger partial charge in [0.1, 0.15) is 11.6 Å². The Balaban J connectivity index is 2.11. The number of nitrogens with zero attached hydrogens (tertiary/aromatic N) is 1. The highest BCUT2D eigenvalue weighted by atomic mass is 19.1. The maximum atomic E-state index is 13.7. The van der Waals surface area contributed by atoms with Gasteiger partial charge in [0.25, 0.3) is 0 Å². The third-order valence-electron chi connectivity index (χ3n) is 3.03. The van der Waals surface area contributed by atoms with Crippen LogP contribution < -0.4 is 0 Å². The Kier molecular flexibility index (Phi) is 2.81. The molecule has 0 atom stereocenters. The smallest absolute Gasteiger partial charge is 0.344 e. The highest BCUT2D eigenvalue weighted by Crippen LogP contribution is 2.31. The van der Waals surface area contributed by atoms with Crippen LogP contribution in [-0.4, -0.2) is 5.97 Å². The molecule has 3 nitrogen and oxygen atoms in total. The lowest BCUT2D eigenvalue weighted by molar-refractivity contribution is 0.0717. The van der Waals surface area contributed by atoms with E-state index in [1.807, 2.05) is 6.07 Å². The molecule has 0 N–H and O–H groups in total. The minimum atomic E-state index is -0.475. The van der Waals surface area contributed by atoms with Crippen LogP contribution in [0, 0.1) is 17.1 Å². The summed E-state index contributed by atoms with van der Waals surface area (Å²) in [6.07, 6.45) is 1.43. The molecule has 3 rings (SSSR count). The van der Waals surface area contributed by atoms with Gasteiger partial charge >= 0.3 is 5.97 Å². The van der Waals surface area contributed by atoms with Gasteiger partial charge in [0, 0.05) is 11.1 Å². The van der Waals surface area contributed by atoms with Gasteiger partial charge in [0.15, 0.2) is 0 Å². The highest BCUT2D eigenvalue weighted by molar-refractivity contribution is 6.05. The lowest BCUT2D eigenvalue weighted by Gasteiger charge is -2.01. The van der Waals surface area contributed by atoms with Crippen molar-refractivity contribution < 1.29 is 13.9 Å². The molecule has 2 aromatic carbocycles. The largest absolute Gasteiger partial charge is 0.422 e. The number of esters is 1. The van der Waals surface area contributed by atoms with Gasteiger partial charge in [-0.1, -0.05) is 18.2 Å². The Hall–Kier alpha value is -2.93. The van der Waals surface area contributed by atoms with E-state index in [-0.39, 0.29) is 5.56 Å². The van der Waals surface area contributed by atoms with E-state index in [0.29, 0.717) is 22.4 Å². The number of hydrogen-bond acceptors (Lipinski definition) is 3. The molecule has 0 fully saturated rings. The van der Waals surface area contributed by atoms with Gasteiger partial charge in [-0.2, -0.15) is 5.26 Å². The van der Waals surface area contributed by atoms with E-state index >= 15 is 0 Å². The average Bonchev–Trinajstić information content (AvgIpc) is 2.78. The van der Waals surface area contributed by atoms with E-state index in [1.165, 1.54) is 24.3 Å². The predicted molar refractivity (Wildman–Crippen MR) is 70.8 cm³/mol. The van der Waals surface area contributed by atoms with Crippen LogP contribution in [0.25, 0.3) is 11.8 Å². The number of benzene rings is 2. The molecular formula is C16H8FNO2. The number of nitriles is 1. The van der Waals surface area contributed by atoms with Crippen molar-refractivity contribution in [2.45, 2.75) is 0 Å². The summed E-state index contributed by atoms with van der Waals surface area (Å²) in [6.45, 7) is 0. The second-order valence-electron chi connectivity index (χ2n) is 4.29. The summed E-state index contributed by atoms with van der Waals surface area (Å²) < 4.78 is 18.9.